The first-order valence-electron chi connectivity index (χ1n) is 36.7. The molecule has 4 heterocycles. The van der Waals surface area contributed by atoms with Crippen LogP contribution >= 0.6 is 0 Å². The van der Waals surface area contributed by atoms with E-state index in [1.807, 2.05) is 114 Å². The third kappa shape index (κ3) is 21.5. The maximum atomic E-state index is 14.4. The molecule has 24 heteroatoms. The van der Waals surface area contributed by atoms with Crippen molar-refractivity contribution in [2.24, 2.45) is 0 Å². The molecule has 6 aromatic rings. The van der Waals surface area contributed by atoms with E-state index >= 15 is 0 Å². The molecule has 4 fully saturated rings. The van der Waals surface area contributed by atoms with Crippen LogP contribution in [0.1, 0.15) is 114 Å². The number of carbonyl (C=O) groups excluding carboxylic acids is 10. The van der Waals surface area contributed by atoms with Crippen molar-refractivity contribution in [1.82, 2.24) is 40.0 Å². The third-order valence-electron chi connectivity index (χ3n) is 20.5. The lowest BCUT2D eigenvalue weighted by molar-refractivity contribution is -0.135. The third-order valence-corrected chi connectivity index (χ3v) is 20.5. The second kappa shape index (κ2) is 37.5. The zero-order valence-electron chi connectivity index (χ0n) is 60.7. The molecule has 0 aliphatic carbocycles. The number of rotatable bonds is 36. The number of Topliss-reactive ketones (excluding diaryl/α,β-unsaturated/α-hetero) is 2. The predicted octanol–water partition coefficient (Wildman–Crippen LogP) is 8.13. The van der Waals surface area contributed by atoms with Crippen LogP contribution in [-0.2, 0) is 55.9 Å². The highest BCUT2D eigenvalue weighted by atomic mass is 19.1. The van der Waals surface area contributed by atoms with Crippen LogP contribution < -0.4 is 31.1 Å². The molecule has 10 rings (SSSR count). The molecule has 6 aromatic carbocycles. The van der Waals surface area contributed by atoms with Crippen LogP contribution in [0.15, 0.2) is 158 Å². The summed E-state index contributed by atoms with van der Waals surface area (Å²) in [5, 5.41) is 11.1. The number of halogens is 1. The summed E-state index contributed by atoms with van der Waals surface area (Å²) in [7, 11) is 2.97. The fraction of sp³-hybridized carbons (Fsp3) is 0.432. The molecule has 4 N–H and O–H groups in total. The molecule has 23 nitrogen and oxygen atoms in total. The highest BCUT2D eigenvalue weighted by Gasteiger charge is 2.55. The van der Waals surface area contributed by atoms with Gasteiger partial charge < -0.3 is 65.2 Å². The topological polar surface area (TPSA) is 254 Å². The van der Waals surface area contributed by atoms with Crippen LogP contribution in [0.5, 0.6) is 0 Å². The molecule has 0 aromatic heterocycles. The number of nitrogens with zero attached hydrogens (tertiary/aromatic N) is 8. The minimum absolute atomic E-state index is 0.0133. The Hall–Kier alpha value is -10.2. The minimum atomic E-state index is -0.681. The molecule has 4 saturated heterocycles. The molecule has 4 aliphatic heterocycles. The molecule has 8 amide bonds. The molecule has 4 aliphatic rings. The predicted molar refractivity (Wildman–Crippen MR) is 401 cm³/mol. The average molecular weight is 1440 g/mol. The molecule has 0 unspecified atom stereocenters. The smallest absolute Gasteiger partial charge is 0.250 e. The number of aryl methyl sites for hydroxylation is 1. The zero-order valence-corrected chi connectivity index (χ0v) is 60.7. The van der Waals surface area contributed by atoms with Gasteiger partial charge in [0.25, 0.3) is 0 Å². The summed E-state index contributed by atoms with van der Waals surface area (Å²) in [4.78, 5) is 147. The van der Waals surface area contributed by atoms with E-state index in [9.17, 15) is 52.3 Å². The minimum Gasteiger partial charge on any atom is -0.378 e. The van der Waals surface area contributed by atoms with Crippen molar-refractivity contribution in [3.05, 3.63) is 191 Å². The second-order valence-corrected chi connectivity index (χ2v) is 27.9. The number of benzene rings is 6. The highest BCUT2D eigenvalue weighted by molar-refractivity contribution is 5.98. The van der Waals surface area contributed by atoms with Gasteiger partial charge in [-0.25, -0.2) is 4.39 Å². The van der Waals surface area contributed by atoms with Gasteiger partial charge in [0.15, 0.2) is 11.6 Å². The van der Waals surface area contributed by atoms with Crippen molar-refractivity contribution in [3.63, 3.8) is 0 Å². The number of ketones is 2. The van der Waals surface area contributed by atoms with Crippen molar-refractivity contribution < 1.29 is 57.1 Å². The van der Waals surface area contributed by atoms with E-state index in [0.29, 0.717) is 101 Å². The van der Waals surface area contributed by atoms with Crippen molar-refractivity contribution in [2.45, 2.75) is 108 Å². The Kier molecular flexibility index (Phi) is 27.7. The fourth-order valence-electron chi connectivity index (χ4n) is 14.3. The maximum absolute atomic E-state index is 14.4. The van der Waals surface area contributed by atoms with E-state index in [1.54, 1.807) is 24.3 Å². The van der Waals surface area contributed by atoms with Crippen LogP contribution in [0.25, 0.3) is 0 Å². The average Bonchev–Trinajstić information content (AvgIpc) is 1.60. The Labute approximate surface area is 614 Å². The number of hydrogen-bond acceptors (Lipinski definition) is 15. The van der Waals surface area contributed by atoms with Gasteiger partial charge in [-0.15, -0.1) is 0 Å². The number of amides is 8. The van der Waals surface area contributed by atoms with Gasteiger partial charge in [0.2, 0.25) is 47.3 Å². The summed E-state index contributed by atoms with van der Waals surface area (Å²) >= 11 is 0. The van der Waals surface area contributed by atoms with Crippen molar-refractivity contribution in [2.75, 3.05) is 140 Å². The molecule has 0 bridgehead atoms. The van der Waals surface area contributed by atoms with E-state index in [1.165, 1.54) is 48.2 Å². The second-order valence-electron chi connectivity index (χ2n) is 27.9. The lowest BCUT2D eigenvalue weighted by Crippen LogP contribution is -2.56. The van der Waals surface area contributed by atoms with E-state index < -0.39 is 22.9 Å². The number of hydrogen-bond donors (Lipinski definition) is 4. The number of piperidine rings is 2. The van der Waals surface area contributed by atoms with E-state index in [4.69, 9.17) is 4.74 Å². The summed E-state index contributed by atoms with van der Waals surface area (Å²) in [5.74, 6) is -2.31. The Morgan fingerprint density at radius 2 is 0.838 bits per heavy atom. The van der Waals surface area contributed by atoms with E-state index in [2.05, 4.69) is 53.0 Å². The van der Waals surface area contributed by atoms with Gasteiger partial charge in [-0.1, -0.05) is 90.5 Å². The number of para-hydroxylation sites is 2. The summed E-state index contributed by atoms with van der Waals surface area (Å²) < 4.78 is 18.9. The first kappa shape index (κ1) is 77.4. The normalized spacial score (nSPS) is 15.6. The maximum Gasteiger partial charge on any atom is 0.250 e. The number of likely N-dealkylation sites (tertiary alicyclic amines) is 2. The lowest BCUT2D eigenvalue weighted by atomic mass is 9.85. The van der Waals surface area contributed by atoms with Gasteiger partial charge in [0.05, 0.1) is 39.6 Å². The highest BCUT2D eigenvalue weighted by Crippen LogP contribution is 2.41. The molecule has 2 spiro atoms. The summed E-state index contributed by atoms with van der Waals surface area (Å²) in [6.07, 6.45) is 5.79. The largest absolute Gasteiger partial charge is 0.378 e. The standard InChI is InChI=1S/C81H99FN12O11/c1-60-18-24-63(25-19-60)70(95)16-10-46-89-50-40-80(41-51-89)78(103)91(58-93(80)68-12-6-4-7-13-68)48-38-61-20-30-66(31-21-61)85-72(97)34-36-76(101)87(2)56-74(99)83-44-54-105-55-45-84-75(100)57-88(3)77(102)37-35-73(98)86-67-32-22-62(23-33-67)39-49-92-59-94(69-14-8-5-9-15-69)81(79(92)104)42-52-90(53-43-81)47-11-17-71(96)64-26-28-65(82)29-27-64/h4-9,12-15,18-33H,10-11,16-17,34-59H2,1-3H3,(H,83,99)(H,84,100)(H,85,97)(H,86,98). The Morgan fingerprint density at radius 1 is 0.457 bits per heavy atom. The molecule has 556 valence electrons. The van der Waals surface area contributed by atoms with Gasteiger partial charge in [-0.05, 0) is 155 Å². The zero-order chi connectivity index (χ0) is 74.3. The van der Waals surface area contributed by atoms with Crippen LogP contribution in [0.2, 0.25) is 0 Å². The van der Waals surface area contributed by atoms with E-state index in [-0.39, 0.29) is 118 Å². The molecule has 0 atom stereocenters. The number of anilines is 4. The Bertz CT molecular complexity index is 3690. The first-order valence-corrected chi connectivity index (χ1v) is 36.7. The van der Waals surface area contributed by atoms with Crippen molar-refractivity contribution in [3.8, 4) is 0 Å². The fourth-order valence-corrected chi connectivity index (χ4v) is 14.3. The van der Waals surface area contributed by atoms with Crippen LogP contribution in [0, 0.1) is 12.7 Å². The summed E-state index contributed by atoms with van der Waals surface area (Å²) in [6.45, 7) is 8.59. The van der Waals surface area contributed by atoms with Crippen LogP contribution in [0.3, 0.4) is 0 Å². The summed E-state index contributed by atoms with van der Waals surface area (Å²) in [6, 6.07) is 48.3. The number of carbonyl (C=O) groups is 10. The Morgan fingerprint density at radius 3 is 1.23 bits per heavy atom. The monoisotopic (exact) mass is 1430 g/mol. The first-order chi connectivity index (χ1) is 50.7. The van der Waals surface area contributed by atoms with Crippen LogP contribution in [-0.4, -0.2) is 218 Å². The van der Waals surface area contributed by atoms with Gasteiger partial charge >= 0.3 is 0 Å². The van der Waals surface area contributed by atoms with Gasteiger partial charge in [0, 0.05) is 139 Å². The van der Waals surface area contributed by atoms with Crippen molar-refractivity contribution >= 4 is 81.6 Å². The molecular formula is C81H99FN12O11. The van der Waals surface area contributed by atoms with Gasteiger partial charge in [-0.2, -0.15) is 0 Å². The summed E-state index contributed by atoms with van der Waals surface area (Å²) in [5.41, 5.74) is 6.17. The van der Waals surface area contributed by atoms with E-state index in [0.717, 1.165) is 79.3 Å². The van der Waals surface area contributed by atoms with Gasteiger partial charge in [0.1, 0.15) is 16.9 Å². The molecule has 0 saturated carbocycles. The molecular weight excluding hydrogens is 1340 g/mol. The van der Waals surface area contributed by atoms with Gasteiger partial charge in [-0.3, -0.25) is 47.9 Å². The SMILES string of the molecule is Cc1ccc(C(=O)CCCN2CCC3(CC2)C(=O)N(CCc2ccc(NC(=O)CCC(=O)N(C)CC(=O)NCCOCCNC(=O)CN(C)C(=O)CCC(=O)Nc4ccc(CCN5CN(c6ccccc6)C6(CCN(CCCC(=O)c7ccc(F)cc7)CC6)C5=O)cc4)cc2)CN3c2ccccc2)cc1. The molecule has 0 radical (unpaired) electrons. The quantitative estimate of drug-likeness (QED) is 0.0214. The molecule has 105 heavy (non-hydrogen) atoms. The Balaban J connectivity index is 0.542. The van der Waals surface area contributed by atoms with Crippen molar-refractivity contribution in [1.29, 1.82) is 0 Å². The van der Waals surface area contributed by atoms with Crippen LogP contribution in [0.4, 0.5) is 27.1 Å². The lowest BCUT2D eigenvalue weighted by Gasteiger charge is -2.43. The number of likely N-dealkylation sites (N-methyl/N-ethyl adjacent to an activating group) is 2. The number of nitrogens with one attached hydrogen (secondary N) is 4. The number of ether oxygens (including phenoxy) is 1.